The topological polar surface area (TPSA) is 50.5 Å². The quantitative estimate of drug-likeness (QED) is 0.398. The number of rotatable bonds is 3. The molecule has 0 aliphatic carbocycles. The molecule has 0 radical (unpaired) electrons. The molecule has 0 atom stereocenters. The first-order chi connectivity index (χ1) is 13.4. The van der Waals surface area contributed by atoms with Crippen LogP contribution in [0.3, 0.4) is 0 Å². The van der Waals surface area contributed by atoms with Crippen LogP contribution in [0.1, 0.15) is 5.76 Å². The highest BCUT2D eigenvalue weighted by atomic mass is 35.5. The second-order valence-corrected chi connectivity index (χ2v) is 8.10. The van der Waals surface area contributed by atoms with Gasteiger partial charge in [0.2, 0.25) is 0 Å². The maximum absolute atomic E-state index is 12.7. The van der Waals surface area contributed by atoms with Crippen molar-refractivity contribution in [2.75, 3.05) is 4.90 Å². The highest BCUT2D eigenvalue weighted by molar-refractivity contribution is 8.19. The molecule has 2 heterocycles. The van der Waals surface area contributed by atoms with Crippen molar-refractivity contribution in [2.24, 2.45) is 0 Å². The van der Waals surface area contributed by atoms with Crippen LogP contribution in [0.5, 0.6) is 0 Å². The zero-order valence-corrected chi connectivity index (χ0v) is 17.1. The van der Waals surface area contributed by atoms with E-state index >= 15 is 0 Å². The molecular weight excluding hydrogens is 441 g/mol. The molecule has 140 valence electrons. The van der Waals surface area contributed by atoms with E-state index in [2.05, 4.69) is 0 Å². The molecule has 1 aromatic heterocycles. The summed E-state index contributed by atoms with van der Waals surface area (Å²) >= 11 is 18.9. The molecule has 28 heavy (non-hydrogen) atoms. The van der Waals surface area contributed by atoms with E-state index in [0.717, 1.165) is 16.7 Å². The lowest BCUT2D eigenvalue weighted by molar-refractivity contribution is -0.113. The first-order valence-electron chi connectivity index (χ1n) is 8.01. The molecule has 2 amide bonds. The lowest BCUT2D eigenvalue weighted by Crippen LogP contribution is -2.27. The van der Waals surface area contributed by atoms with Gasteiger partial charge in [0.25, 0.3) is 11.1 Å². The summed E-state index contributed by atoms with van der Waals surface area (Å²) < 4.78 is 5.78. The SMILES string of the molecule is O=C1SC(=Cc2ccc(-c3ccc(Cl)cc3Cl)o2)C(=O)N1c1cccc(Cl)c1. The Kier molecular flexibility index (Phi) is 5.25. The number of benzene rings is 2. The third-order valence-corrected chi connectivity index (χ3v) is 5.61. The van der Waals surface area contributed by atoms with Crippen LogP contribution in [0, 0.1) is 0 Å². The van der Waals surface area contributed by atoms with Crippen LogP contribution < -0.4 is 4.90 Å². The number of thioether (sulfide) groups is 1. The fourth-order valence-electron chi connectivity index (χ4n) is 2.70. The number of amides is 2. The Bertz CT molecular complexity index is 1140. The minimum Gasteiger partial charge on any atom is -0.457 e. The van der Waals surface area contributed by atoms with E-state index in [4.69, 9.17) is 39.2 Å². The largest absolute Gasteiger partial charge is 0.457 e. The highest BCUT2D eigenvalue weighted by Gasteiger charge is 2.36. The van der Waals surface area contributed by atoms with Crippen molar-refractivity contribution in [1.82, 2.24) is 0 Å². The Morgan fingerprint density at radius 2 is 1.71 bits per heavy atom. The van der Waals surface area contributed by atoms with E-state index in [-0.39, 0.29) is 4.91 Å². The normalized spacial score (nSPS) is 15.7. The first kappa shape index (κ1) is 19.2. The Hall–Kier alpha value is -2.18. The van der Waals surface area contributed by atoms with Gasteiger partial charge in [-0.3, -0.25) is 9.59 Å². The summed E-state index contributed by atoms with van der Waals surface area (Å²) in [5, 5.41) is 1.02. The maximum Gasteiger partial charge on any atom is 0.298 e. The van der Waals surface area contributed by atoms with Crippen molar-refractivity contribution in [3.05, 3.63) is 80.3 Å². The molecule has 0 saturated carbocycles. The van der Waals surface area contributed by atoms with Crippen molar-refractivity contribution in [2.45, 2.75) is 0 Å². The van der Waals surface area contributed by atoms with E-state index < -0.39 is 11.1 Å². The summed E-state index contributed by atoms with van der Waals surface area (Å²) in [7, 11) is 0. The Morgan fingerprint density at radius 3 is 2.46 bits per heavy atom. The van der Waals surface area contributed by atoms with Gasteiger partial charge in [0, 0.05) is 21.7 Å². The number of anilines is 1. The Morgan fingerprint density at radius 1 is 0.929 bits per heavy atom. The van der Waals surface area contributed by atoms with Gasteiger partial charge in [-0.1, -0.05) is 40.9 Å². The van der Waals surface area contributed by atoms with Crippen molar-refractivity contribution >= 4 is 69.5 Å². The van der Waals surface area contributed by atoms with E-state index in [1.54, 1.807) is 54.6 Å². The molecular formula is C20H10Cl3NO3S. The molecule has 2 aromatic carbocycles. The van der Waals surface area contributed by atoms with Crippen LogP contribution in [0.2, 0.25) is 15.1 Å². The lowest BCUT2D eigenvalue weighted by Gasteiger charge is -2.12. The minimum atomic E-state index is -0.431. The summed E-state index contributed by atoms with van der Waals surface area (Å²) in [5.74, 6) is 0.527. The van der Waals surface area contributed by atoms with Gasteiger partial charge in [0.05, 0.1) is 15.6 Å². The van der Waals surface area contributed by atoms with Crippen molar-refractivity contribution in [3.8, 4) is 11.3 Å². The van der Waals surface area contributed by atoms with E-state index in [1.165, 1.54) is 6.08 Å². The highest BCUT2D eigenvalue weighted by Crippen LogP contribution is 2.37. The Balaban J connectivity index is 1.62. The predicted octanol–water partition coefficient (Wildman–Crippen LogP) is 7.15. The van der Waals surface area contributed by atoms with E-state index in [0.29, 0.717) is 37.8 Å². The number of imide groups is 1. The second-order valence-electron chi connectivity index (χ2n) is 5.82. The van der Waals surface area contributed by atoms with Crippen LogP contribution in [-0.4, -0.2) is 11.1 Å². The number of hydrogen-bond acceptors (Lipinski definition) is 4. The van der Waals surface area contributed by atoms with Crippen LogP contribution >= 0.6 is 46.6 Å². The molecule has 0 spiro atoms. The van der Waals surface area contributed by atoms with Crippen LogP contribution in [0.15, 0.2) is 63.9 Å². The lowest BCUT2D eigenvalue weighted by atomic mass is 10.2. The minimum absolute atomic E-state index is 0.257. The van der Waals surface area contributed by atoms with Gasteiger partial charge in [0.1, 0.15) is 11.5 Å². The van der Waals surface area contributed by atoms with E-state index in [1.807, 2.05) is 0 Å². The summed E-state index contributed by atoms with van der Waals surface area (Å²) in [6, 6.07) is 15.1. The average Bonchev–Trinajstić information content (AvgIpc) is 3.20. The van der Waals surface area contributed by atoms with Gasteiger partial charge >= 0.3 is 0 Å². The summed E-state index contributed by atoms with van der Waals surface area (Å²) in [6.45, 7) is 0. The number of nitrogens with zero attached hydrogens (tertiary/aromatic N) is 1. The fraction of sp³-hybridized carbons (Fsp3) is 0. The molecule has 0 N–H and O–H groups in total. The number of carbonyl (C=O) groups is 2. The first-order valence-corrected chi connectivity index (χ1v) is 9.96. The summed E-state index contributed by atoms with van der Waals surface area (Å²) in [4.78, 5) is 26.4. The average molecular weight is 451 g/mol. The molecule has 8 heteroatoms. The van der Waals surface area contributed by atoms with Crippen LogP contribution in [-0.2, 0) is 4.79 Å². The summed E-state index contributed by atoms with van der Waals surface area (Å²) in [5.41, 5.74) is 1.10. The van der Waals surface area contributed by atoms with Crippen LogP contribution in [0.25, 0.3) is 17.4 Å². The van der Waals surface area contributed by atoms with Gasteiger partial charge < -0.3 is 4.42 Å². The molecule has 0 bridgehead atoms. The zero-order chi connectivity index (χ0) is 19.8. The zero-order valence-electron chi connectivity index (χ0n) is 14.0. The Labute approximate surface area is 179 Å². The fourth-order valence-corrected chi connectivity index (χ4v) is 4.21. The van der Waals surface area contributed by atoms with Gasteiger partial charge in [-0.05, 0) is 60.3 Å². The van der Waals surface area contributed by atoms with Crippen molar-refractivity contribution in [1.29, 1.82) is 0 Å². The van der Waals surface area contributed by atoms with E-state index in [9.17, 15) is 9.59 Å². The molecule has 4 rings (SSSR count). The summed E-state index contributed by atoms with van der Waals surface area (Å²) in [6.07, 6.45) is 1.53. The van der Waals surface area contributed by atoms with Gasteiger partial charge in [-0.15, -0.1) is 0 Å². The van der Waals surface area contributed by atoms with Crippen molar-refractivity contribution in [3.63, 3.8) is 0 Å². The number of furan rings is 1. The molecule has 0 unspecified atom stereocenters. The number of halogens is 3. The van der Waals surface area contributed by atoms with Crippen LogP contribution in [0.4, 0.5) is 10.5 Å². The predicted molar refractivity (Wildman–Crippen MR) is 114 cm³/mol. The molecule has 1 aliphatic rings. The second kappa shape index (κ2) is 7.68. The van der Waals surface area contributed by atoms with Gasteiger partial charge in [0.15, 0.2) is 0 Å². The molecule has 1 aliphatic heterocycles. The molecule has 4 nitrogen and oxygen atoms in total. The monoisotopic (exact) mass is 449 g/mol. The van der Waals surface area contributed by atoms with Crippen molar-refractivity contribution < 1.29 is 14.0 Å². The maximum atomic E-state index is 12.7. The number of hydrogen-bond donors (Lipinski definition) is 0. The molecule has 3 aromatic rings. The third-order valence-electron chi connectivity index (χ3n) is 3.96. The smallest absolute Gasteiger partial charge is 0.298 e. The standard InChI is InChI=1S/C20H10Cl3NO3S/c21-11-2-1-3-13(8-11)24-19(25)18(28-20(24)26)10-14-5-7-17(27-14)15-6-4-12(22)9-16(15)23/h1-10H. The number of carbonyl (C=O) groups excluding carboxylic acids is 2. The third kappa shape index (κ3) is 3.71. The molecule has 1 fully saturated rings. The van der Waals surface area contributed by atoms with Gasteiger partial charge in [-0.2, -0.15) is 0 Å². The van der Waals surface area contributed by atoms with Gasteiger partial charge in [-0.25, -0.2) is 4.90 Å². The molecule has 1 saturated heterocycles.